The number of nitrogens with zero attached hydrogens (tertiary/aromatic N) is 4. The molecule has 2 aromatic rings. The highest BCUT2D eigenvalue weighted by Crippen LogP contribution is 2.28. The van der Waals surface area contributed by atoms with E-state index in [9.17, 15) is 0 Å². The molecule has 3 rings (SSSR count). The van der Waals surface area contributed by atoms with Gasteiger partial charge in [0.1, 0.15) is 17.5 Å². The quantitative estimate of drug-likeness (QED) is 0.938. The summed E-state index contributed by atoms with van der Waals surface area (Å²) in [7, 11) is 2.15. The van der Waals surface area contributed by atoms with E-state index in [0.717, 1.165) is 36.1 Å². The topological polar surface area (TPSA) is 53.9 Å². The monoisotopic (exact) mass is 283 g/mol. The molecule has 1 fully saturated rings. The van der Waals surface area contributed by atoms with E-state index in [1.165, 1.54) is 12.8 Å². The van der Waals surface area contributed by atoms with Crippen molar-refractivity contribution in [2.24, 2.45) is 0 Å². The summed E-state index contributed by atoms with van der Waals surface area (Å²) in [6.07, 6.45) is 5.41. The number of hydrogen-bond donors (Lipinski definition) is 1. The summed E-state index contributed by atoms with van der Waals surface area (Å²) < 4.78 is 0. The second kappa shape index (κ2) is 6.18. The first-order valence-corrected chi connectivity index (χ1v) is 7.46. The van der Waals surface area contributed by atoms with Gasteiger partial charge in [-0.3, -0.25) is 4.90 Å². The lowest BCUT2D eigenvalue weighted by Gasteiger charge is -2.31. The molecule has 5 nitrogen and oxygen atoms in total. The summed E-state index contributed by atoms with van der Waals surface area (Å²) in [5.74, 6) is 2.53. The van der Waals surface area contributed by atoms with Crippen LogP contribution in [-0.4, -0.2) is 33.4 Å². The van der Waals surface area contributed by atoms with E-state index in [1.54, 1.807) is 6.20 Å². The van der Waals surface area contributed by atoms with Crippen molar-refractivity contribution in [3.63, 3.8) is 0 Å². The Kier molecular flexibility index (Phi) is 4.10. The molecule has 1 atom stereocenters. The minimum Gasteiger partial charge on any atom is -0.325 e. The molecule has 1 aliphatic heterocycles. The largest absolute Gasteiger partial charge is 0.325 e. The van der Waals surface area contributed by atoms with E-state index < -0.39 is 0 Å². The van der Waals surface area contributed by atoms with Crippen LogP contribution < -0.4 is 5.32 Å². The highest BCUT2D eigenvalue weighted by molar-refractivity contribution is 5.51. The molecule has 110 valence electrons. The standard InChI is InChI=1S/C16H21N5/c1-12-11-15(19-14-8-3-5-9-17-14)20-16(18-12)13-7-4-6-10-21(13)2/h3,5,8-9,11,13H,4,6-7,10H2,1-2H3,(H,17,18,19,20). The van der Waals surface area contributed by atoms with Crippen LogP contribution in [0.4, 0.5) is 11.6 Å². The highest BCUT2D eigenvalue weighted by Gasteiger charge is 2.23. The van der Waals surface area contributed by atoms with Crippen LogP contribution in [0.2, 0.25) is 0 Å². The van der Waals surface area contributed by atoms with E-state index in [4.69, 9.17) is 4.98 Å². The van der Waals surface area contributed by atoms with Gasteiger partial charge in [-0.2, -0.15) is 0 Å². The lowest BCUT2D eigenvalue weighted by molar-refractivity contribution is 0.179. The van der Waals surface area contributed by atoms with Gasteiger partial charge in [0, 0.05) is 18.0 Å². The van der Waals surface area contributed by atoms with Crippen molar-refractivity contribution in [3.8, 4) is 0 Å². The van der Waals surface area contributed by atoms with Gasteiger partial charge in [0.05, 0.1) is 6.04 Å². The second-order valence-corrected chi connectivity index (χ2v) is 5.58. The second-order valence-electron chi connectivity index (χ2n) is 5.58. The zero-order valence-corrected chi connectivity index (χ0v) is 12.6. The van der Waals surface area contributed by atoms with E-state index in [2.05, 4.69) is 27.2 Å². The SMILES string of the molecule is Cc1cc(Nc2ccccn2)nc(C2CCCCN2C)n1. The fourth-order valence-corrected chi connectivity index (χ4v) is 2.77. The van der Waals surface area contributed by atoms with Crippen molar-refractivity contribution in [3.05, 3.63) is 42.0 Å². The van der Waals surface area contributed by atoms with Gasteiger partial charge in [-0.05, 0) is 45.5 Å². The molecule has 0 bridgehead atoms. The van der Waals surface area contributed by atoms with Gasteiger partial charge in [-0.15, -0.1) is 0 Å². The van der Waals surface area contributed by atoms with Crippen LogP contribution in [0, 0.1) is 6.92 Å². The molecule has 0 amide bonds. The zero-order chi connectivity index (χ0) is 14.7. The average molecular weight is 283 g/mol. The first-order valence-electron chi connectivity index (χ1n) is 7.46. The number of rotatable bonds is 3. The molecule has 0 radical (unpaired) electrons. The van der Waals surface area contributed by atoms with Crippen molar-refractivity contribution >= 4 is 11.6 Å². The fraction of sp³-hybridized carbons (Fsp3) is 0.438. The number of piperidine rings is 1. The molecule has 21 heavy (non-hydrogen) atoms. The van der Waals surface area contributed by atoms with Gasteiger partial charge in [0.25, 0.3) is 0 Å². The molecule has 0 spiro atoms. The molecule has 1 aliphatic rings. The summed E-state index contributed by atoms with van der Waals surface area (Å²) in [4.78, 5) is 16.0. The lowest BCUT2D eigenvalue weighted by atomic mass is 10.0. The number of aromatic nitrogens is 3. The zero-order valence-electron chi connectivity index (χ0n) is 12.6. The van der Waals surface area contributed by atoms with Gasteiger partial charge in [0.2, 0.25) is 0 Å². The van der Waals surface area contributed by atoms with Gasteiger partial charge in [-0.1, -0.05) is 12.5 Å². The van der Waals surface area contributed by atoms with Crippen molar-refractivity contribution in [2.75, 3.05) is 18.9 Å². The van der Waals surface area contributed by atoms with Crippen LogP contribution in [0.25, 0.3) is 0 Å². The normalized spacial score (nSPS) is 19.4. The van der Waals surface area contributed by atoms with Crippen LogP contribution in [0.3, 0.4) is 0 Å². The third kappa shape index (κ3) is 3.36. The molecule has 3 heterocycles. The maximum absolute atomic E-state index is 4.70. The Balaban J connectivity index is 1.85. The van der Waals surface area contributed by atoms with Crippen LogP contribution >= 0.6 is 0 Å². The molecule has 0 aliphatic carbocycles. The van der Waals surface area contributed by atoms with Crippen molar-refractivity contribution in [1.82, 2.24) is 19.9 Å². The third-order valence-corrected chi connectivity index (χ3v) is 3.86. The molecule has 5 heteroatoms. The number of nitrogens with one attached hydrogen (secondary N) is 1. The van der Waals surface area contributed by atoms with Gasteiger partial charge >= 0.3 is 0 Å². The van der Waals surface area contributed by atoms with Gasteiger partial charge in [-0.25, -0.2) is 15.0 Å². The Morgan fingerprint density at radius 3 is 2.86 bits per heavy atom. The van der Waals surface area contributed by atoms with E-state index in [0.29, 0.717) is 6.04 Å². The molecule has 1 unspecified atom stereocenters. The Morgan fingerprint density at radius 1 is 1.19 bits per heavy atom. The van der Waals surface area contributed by atoms with Crippen LogP contribution in [0.1, 0.15) is 36.8 Å². The first kappa shape index (κ1) is 13.9. The maximum atomic E-state index is 4.70. The molecular weight excluding hydrogens is 262 g/mol. The third-order valence-electron chi connectivity index (χ3n) is 3.86. The smallest absolute Gasteiger partial charge is 0.148 e. The molecule has 0 saturated carbocycles. The number of likely N-dealkylation sites (tertiary alicyclic amines) is 1. The number of anilines is 2. The summed E-state index contributed by atoms with van der Waals surface area (Å²) in [5, 5.41) is 3.26. The summed E-state index contributed by atoms with van der Waals surface area (Å²) in [6, 6.07) is 8.08. The molecule has 2 aromatic heterocycles. The minimum atomic E-state index is 0.322. The predicted octanol–water partition coefficient (Wildman–Crippen LogP) is 3.08. The van der Waals surface area contributed by atoms with Crippen LogP contribution in [0.15, 0.2) is 30.5 Å². The lowest BCUT2D eigenvalue weighted by Crippen LogP contribution is -2.31. The highest BCUT2D eigenvalue weighted by atomic mass is 15.2. The summed E-state index contributed by atoms with van der Waals surface area (Å²) >= 11 is 0. The first-order chi connectivity index (χ1) is 10.2. The predicted molar refractivity (Wildman–Crippen MR) is 83.5 cm³/mol. The Labute approximate surface area is 125 Å². The minimum absolute atomic E-state index is 0.322. The van der Waals surface area contributed by atoms with Crippen molar-refractivity contribution < 1.29 is 0 Å². The number of pyridine rings is 1. The molecule has 0 aromatic carbocycles. The Morgan fingerprint density at radius 2 is 2.10 bits per heavy atom. The fourth-order valence-electron chi connectivity index (χ4n) is 2.77. The molecule has 1 N–H and O–H groups in total. The molecular formula is C16H21N5. The van der Waals surface area contributed by atoms with Crippen LogP contribution in [0.5, 0.6) is 0 Å². The summed E-state index contributed by atoms with van der Waals surface area (Å²) in [5.41, 5.74) is 0.984. The number of aryl methyl sites for hydroxylation is 1. The number of hydrogen-bond acceptors (Lipinski definition) is 5. The van der Waals surface area contributed by atoms with Crippen molar-refractivity contribution in [2.45, 2.75) is 32.2 Å². The maximum Gasteiger partial charge on any atom is 0.148 e. The Bertz CT molecular complexity index is 599. The summed E-state index contributed by atoms with van der Waals surface area (Å²) in [6.45, 7) is 3.13. The average Bonchev–Trinajstić information content (AvgIpc) is 2.48. The van der Waals surface area contributed by atoms with Crippen molar-refractivity contribution in [1.29, 1.82) is 0 Å². The van der Waals surface area contributed by atoms with Gasteiger partial charge in [0.15, 0.2) is 0 Å². The van der Waals surface area contributed by atoms with E-state index >= 15 is 0 Å². The van der Waals surface area contributed by atoms with Gasteiger partial charge < -0.3 is 5.32 Å². The van der Waals surface area contributed by atoms with Crippen LogP contribution in [-0.2, 0) is 0 Å². The Hall–Kier alpha value is -2.01. The van der Waals surface area contributed by atoms with E-state index in [1.807, 2.05) is 31.2 Å². The van der Waals surface area contributed by atoms with E-state index in [-0.39, 0.29) is 0 Å². The molecule has 1 saturated heterocycles.